The Labute approximate surface area is 114 Å². The van der Waals surface area contributed by atoms with Crippen LogP contribution in [0.15, 0.2) is 18.2 Å². The molecule has 4 heteroatoms. The van der Waals surface area contributed by atoms with Crippen molar-refractivity contribution >= 4 is 11.7 Å². The lowest BCUT2D eigenvalue weighted by molar-refractivity contribution is -0.131. The zero-order valence-corrected chi connectivity index (χ0v) is 12.5. The Hall–Kier alpha value is -1.71. The molecule has 0 spiro atoms. The summed E-state index contributed by atoms with van der Waals surface area (Å²) in [6, 6.07) is 4.80. The van der Waals surface area contributed by atoms with E-state index in [-0.39, 0.29) is 16.7 Å². The maximum Gasteiger partial charge on any atom is 0.308 e. The van der Waals surface area contributed by atoms with E-state index in [1.165, 1.54) is 13.0 Å². The number of carbonyl (C=O) groups is 1. The zero-order valence-electron chi connectivity index (χ0n) is 12.5. The van der Waals surface area contributed by atoms with Gasteiger partial charge in [0.25, 0.3) is 0 Å². The fourth-order valence-electron chi connectivity index (χ4n) is 1.37. The van der Waals surface area contributed by atoms with Crippen LogP contribution in [0.4, 0.5) is 5.69 Å². The van der Waals surface area contributed by atoms with Crippen LogP contribution in [-0.2, 0) is 4.79 Å². The molecule has 0 saturated heterocycles. The third kappa shape index (κ3) is 3.88. The van der Waals surface area contributed by atoms with Gasteiger partial charge in [0.15, 0.2) is 0 Å². The first kappa shape index (κ1) is 15.3. The highest BCUT2D eigenvalue weighted by Gasteiger charge is 2.33. The van der Waals surface area contributed by atoms with Crippen LogP contribution >= 0.6 is 0 Å². The van der Waals surface area contributed by atoms with Crippen molar-refractivity contribution in [3.05, 3.63) is 18.2 Å². The molecule has 106 valence electrons. The van der Waals surface area contributed by atoms with Crippen LogP contribution in [0.3, 0.4) is 0 Å². The summed E-state index contributed by atoms with van der Waals surface area (Å²) in [5, 5.41) is 13.3. The third-order valence-corrected chi connectivity index (χ3v) is 3.55. The van der Waals surface area contributed by atoms with E-state index in [2.05, 4.69) is 39.9 Å². The Bertz CT molecular complexity index is 473. The molecule has 0 fully saturated rings. The number of anilines is 1. The maximum absolute atomic E-state index is 10.9. The van der Waals surface area contributed by atoms with E-state index in [1.54, 1.807) is 12.1 Å². The lowest BCUT2D eigenvalue weighted by Crippen LogP contribution is -2.44. The number of esters is 1. The Kier molecular flexibility index (Phi) is 4.13. The monoisotopic (exact) mass is 265 g/mol. The molecule has 0 unspecified atom stereocenters. The molecule has 0 saturated carbocycles. The number of hydrogen-bond donors (Lipinski definition) is 2. The van der Waals surface area contributed by atoms with Crippen LogP contribution < -0.4 is 10.1 Å². The van der Waals surface area contributed by atoms with E-state index in [1.807, 2.05) is 0 Å². The molecule has 1 rings (SSSR count). The van der Waals surface area contributed by atoms with Gasteiger partial charge in [-0.3, -0.25) is 4.79 Å². The van der Waals surface area contributed by atoms with Gasteiger partial charge >= 0.3 is 5.97 Å². The quantitative estimate of drug-likeness (QED) is 0.498. The number of phenolic OH excluding ortho intramolecular Hbond substituents is 1. The minimum absolute atomic E-state index is 0.0218. The van der Waals surface area contributed by atoms with Gasteiger partial charge in [-0.2, -0.15) is 0 Å². The summed E-state index contributed by atoms with van der Waals surface area (Å²) in [7, 11) is 0. The number of phenols is 1. The van der Waals surface area contributed by atoms with E-state index in [9.17, 15) is 9.90 Å². The van der Waals surface area contributed by atoms with Crippen molar-refractivity contribution in [1.82, 2.24) is 0 Å². The van der Waals surface area contributed by atoms with Gasteiger partial charge in [0.1, 0.15) is 11.5 Å². The Morgan fingerprint density at radius 2 is 1.79 bits per heavy atom. The van der Waals surface area contributed by atoms with E-state index in [0.717, 1.165) is 0 Å². The van der Waals surface area contributed by atoms with Gasteiger partial charge in [-0.05, 0) is 31.4 Å². The molecule has 1 aromatic carbocycles. The number of hydrogen-bond acceptors (Lipinski definition) is 4. The molecular formula is C15H23NO3. The maximum atomic E-state index is 10.9. The standard InChI is InChI=1S/C15H23NO3/c1-10(17)19-11-7-8-12(13(18)9-11)16-15(5,6)14(2,3)4/h7-9,16,18H,1-6H3. The van der Waals surface area contributed by atoms with Gasteiger partial charge in [0.2, 0.25) is 0 Å². The van der Waals surface area contributed by atoms with E-state index >= 15 is 0 Å². The molecular weight excluding hydrogens is 242 g/mol. The molecule has 0 aliphatic carbocycles. The van der Waals surface area contributed by atoms with Crippen LogP contribution in [0.5, 0.6) is 11.5 Å². The molecule has 0 radical (unpaired) electrons. The van der Waals surface area contributed by atoms with Crippen molar-refractivity contribution in [3.63, 3.8) is 0 Å². The summed E-state index contributed by atoms with van der Waals surface area (Å²) < 4.78 is 4.92. The van der Waals surface area contributed by atoms with Gasteiger partial charge in [-0.15, -0.1) is 0 Å². The first-order valence-electron chi connectivity index (χ1n) is 6.32. The average Bonchev–Trinajstić information content (AvgIpc) is 2.19. The molecule has 2 N–H and O–H groups in total. The third-order valence-electron chi connectivity index (χ3n) is 3.55. The fraction of sp³-hybridized carbons (Fsp3) is 0.533. The highest BCUT2D eigenvalue weighted by Crippen LogP contribution is 2.36. The Morgan fingerprint density at radius 3 is 2.21 bits per heavy atom. The first-order valence-corrected chi connectivity index (χ1v) is 6.32. The summed E-state index contributed by atoms with van der Waals surface area (Å²) in [6.45, 7) is 11.9. The summed E-state index contributed by atoms with van der Waals surface area (Å²) in [4.78, 5) is 10.9. The number of carbonyl (C=O) groups excluding carboxylic acids is 1. The molecule has 0 aliphatic rings. The van der Waals surface area contributed by atoms with Crippen molar-refractivity contribution in [1.29, 1.82) is 0 Å². The van der Waals surface area contributed by atoms with Crippen molar-refractivity contribution < 1.29 is 14.6 Å². The molecule has 4 nitrogen and oxygen atoms in total. The number of benzene rings is 1. The molecule has 0 atom stereocenters. The highest BCUT2D eigenvalue weighted by atomic mass is 16.5. The van der Waals surface area contributed by atoms with Gasteiger partial charge in [0, 0.05) is 18.5 Å². The van der Waals surface area contributed by atoms with Crippen LogP contribution in [0.1, 0.15) is 41.5 Å². The van der Waals surface area contributed by atoms with Crippen LogP contribution in [0.25, 0.3) is 0 Å². The minimum atomic E-state index is -0.407. The number of aromatic hydroxyl groups is 1. The second-order valence-electron chi connectivity index (χ2n) is 6.27. The predicted octanol–water partition coefficient (Wildman–Crippen LogP) is 3.55. The Balaban J connectivity index is 2.95. The first-order chi connectivity index (χ1) is 8.53. The van der Waals surface area contributed by atoms with E-state index < -0.39 is 5.97 Å². The second kappa shape index (κ2) is 5.11. The largest absolute Gasteiger partial charge is 0.506 e. The topological polar surface area (TPSA) is 58.6 Å². The molecule has 1 aromatic rings. The predicted molar refractivity (Wildman–Crippen MR) is 76.6 cm³/mol. The van der Waals surface area contributed by atoms with Gasteiger partial charge in [-0.25, -0.2) is 0 Å². The van der Waals surface area contributed by atoms with E-state index in [0.29, 0.717) is 11.4 Å². The van der Waals surface area contributed by atoms with Gasteiger partial charge in [-0.1, -0.05) is 20.8 Å². The highest BCUT2D eigenvalue weighted by molar-refractivity contribution is 5.70. The van der Waals surface area contributed by atoms with Crippen molar-refractivity contribution in [3.8, 4) is 11.5 Å². The van der Waals surface area contributed by atoms with Crippen LogP contribution in [-0.4, -0.2) is 16.6 Å². The van der Waals surface area contributed by atoms with Gasteiger partial charge in [0.05, 0.1) is 5.69 Å². The number of ether oxygens (including phenoxy) is 1. The summed E-state index contributed by atoms with van der Waals surface area (Å²) in [5.74, 6) is -0.00433. The second-order valence-corrected chi connectivity index (χ2v) is 6.27. The fourth-order valence-corrected chi connectivity index (χ4v) is 1.37. The van der Waals surface area contributed by atoms with Gasteiger partial charge < -0.3 is 15.2 Å². The van der Waals surface area contributed by atoms with Crippen LogP contribution in [0.2, 0.25) is 0 Å². The number of nitrogens with one attached hydrogen (secondary N) is 1. The summed E-state index contributed by atoms with van der Waals surface area (Å²) >= 11 is 0. The molecule has 19 heavy (non-hydrogen) atoms. The van der Waals surface area contributed by atoms with Crippen molar-refractivity contribution in [2.45, 2.75) is 47.1 Å². The number of rotatable bonds is 3. The molecule has 0 amide bonds. The average molecular weight is 265 g/mol. The van der Waals surface area contributed by atoms with Crippen LogP contribution in [0, 0.1) is 5.41 Å². The van der Waals surface area contributed by atoms with Crippen molar-refractivity contribution in [2.75, 3.05) is 5.32 Å². The zero-order chi connectivity index (χ0) is 14.8. The molecule has 0 bridgehead atoms. The lowest BCUT2D eigenvalue weighted by atomic mass is 9.76. The molecule has 0 aliphatic heterocycles. The normalized spacial score (nSPS) is 12.1. The smallest absolute Gasteiger partial charge is 0.308 e. The van der Waals surface area contributed by atoms with E-state index in [4.69, 9.17) is 4.74 Å². The molecule has 0 heterocycles. The summed E-state index contributed by atoms with van der Waals surface area (Å²) in [5.41, 5.74) is 0.442. The SMILES string of the molecule is CC(=O)Oc1ccc(NC(C)(C)C(C)(C)C)c(O)c1. The molecule has 0 aromatic heterocycles. The lowest BCUT2D eigenvalue weighted by Gasteiger charge is -2.40. The summed E-state index contributed by atoms with van der Waals surface area (Å²) in [6.07, 6.45) is 0. The minimum Gasteiger partial charge on any atom is -0.506 e. The van der Waals surface area contributed by atoms with Crippen molar-refractivity contribution in [2.24, 2.45) is 5.41 Å². The Morgan fingerprint density at radius 1 is 1.21 bits per heavy atom.